The van der Waals surface area contributed by atoms with Gasteiger partial charge in [-0.3, -0.25) is 0 Å². The van der Waals surface area contributed by atoms with Crippen LogP contribution in [0, 0.1) is 13.8 Å². The molecule has 7 heavy (non-hydrogen) atoms. The molecule has 0 amide bonds. The molecule has 0 aliphatic heterocycles. The minimum Gasteiger partial charge on any atom is -0.680 e. The van der Waals surface area contributed by atoms with Crippen molar-refractivity contribution in [2.45, 2.75) is 6.42 Å². The van der Waals surface area contributed by atoms with Gasteiger partial charge in [0.15, 0.2) is 0 Å². The standard InChI is InChI=1S/C3H6.CH4N.V.Y/c1-3-2;1-2;;/h1-3H2;2H,1H3;;/q-2;-1;;. The van der Waals surface area contributed by atoms with Gasteiger partial charge in [-0.25, -0.2) is 0 Å². The molecule has 0 aromatic heterocycles. The van der Waals surface area contributed by atoms with Crippen molar-refractivity contribution >= 4 is 0 Å². The summed E-state index contributed by atoms with van der Waals surface area (Å²) in [6.45, 7) is 6.75. The van der Waals surface area contributed by atoms with E-state index >= 15 is 0 Å². The zero-order valence-corrected chi connectivity index (χ0v) is 8.88. The third-order valence-corrected chi connectivity index (χ3v) is 0. The zero-order valence-electron chi connectivity index (χ0n) is 4.65. The fraction of sp³-hybridized carbons (Fsp3) is 0.500. The molecule has 0 aromatic carbocycles. The summed E-state index contributed by atoms with van der Waals surface area (Å²) in [7, 11) is 1.25. The Hall–Kier alpha value is 1.65. The second-order valence-electron chi connectivity index (χ2n) is 0.354. The Kier molecular flexibility index (Phi) is 161. The molecular formula is C4H10NVY-3. The summed E-state index contributed by atoms with van der Waals surface area (Å²) in [5, 5.41) is 0. The third-order valence-electron chi connectivity index (χ3n) is 0. The van der Waals surface area contributed by atoms with Crippen molar-refractivity contribution in [3.05, 3.63) is 19.6 Å². The van der Waals surface area contributed by atoms with Crippen molar-refractivity contribution in [2.75, 3.05) is 7.05 Å². The minimum absolute atomic E-state index is 0. The summed E-state index contributed by atoms with van der Waals surface area (Å²) in [5.74, 6) is 0. The fourth-order valence-corrected chi connectivity index (χ4v) is 0. The van der Waals surface area contributed by atoms with E-state index in [1.807, 2.05) is 0 Å². The number of hydrogen-bond acceptors (Lipinski definition) is 0. The molecule has 1 nitrogen and oxygen atoms in total. The van der Waals surface area contributed by atoms with Gasteiger partial charge in [-0.05, 0) is 0 Å². The van der Waals surface area contributed by atoms with Crippen LogP contribution in [0.1, 0.15) is 6.42 Å². The van der Waals surface area contributed by atoms with Gasteiger partial charge in [0.25, 0.3) is 0 Å². The van der Waals surface area contributed by atoms with Crippen LogP contribution in [0.3, 0.4) is 0 Å². The molecule has 0 aliphatic carbocycles. The predicted molar refractivity (Wildman–Crippen MR) is 25.6 cm³/mol. The Morgan fingerprint density at radius 2 is 1.29 bits per heavy atom. The van der Waals surface area contributed by atoms with Gasteiger partial charge in [-0.1, -0.05) is 0 Å². The molecule has 0 rings (SSSR count). The average Bonchev–Trinajstić information content (AvgIpc) is 1.46. The van der Waals surface area contributed by atoms with Gasteiger partial charge < -0.3 is 26.0 Å². The third kappa shape index (κ3) is 89.8. The van der Waals surface area contributed by atoms with Gasteiger partial charge in [0.1, 0.15) is 0 Å². The van der Waals surface area contributed by atoms with Crippen molar-refractivity contribution in [3.63, 3.8) is 0 Å². The van der Waals surface area contributed by atoms with E-state index in [1.165, 1.54) is 7.05 Å². The summed E-state index contributed by atoms with van der Waals surface area (Å²) in [5.41, 5.74) is 5.75. The summed E-state index contributed by atoms with van der Waals surface area (Å²) in [6, 6.07) is 0. The van der Waals surface area contributed by atoms with Gasteiger partial charge in [0, 0.05) is 51.3 Å². The van der Waals surface area contributed by atoms with Gasteiger partial charge >= 0.3 is 0 Å². The smallest absolute Gasteiger partial charge is 0 e. The van der Waals surface area contributed by atoms with Crippen LogP contribution in [0.5, 0.6) is 0 Å². The Labute approximate surface area is 83.6 Å². The predicted octanol–water partition coefficient (Wildman–Crippen LogP) is 1.71. The maximum atomic E-state index is 5.75. The number of rotatable bonds is 0. The molecule has 0 atom stereocenters. The molecule has 1 N–H and O–H groups in total. The van der Waals surface area contributed by atoms with E-state index in [1.54, 1.807) is 0 Å². The molecule has 0 aromatic rings. The van der Waals surface area contributed by atoms with E-state index in [9.17, 15) is 0 Å². The van der Waals surface area contributed by atoms with Gasteiger partial charge in [0.05, 0.1) is 0 Å². The van der Waals surface area contributed by atoms with Gasteiger partial charge in [0.2, 0.25) is 0 Å². The van der Waals surface area contributed by atoms with Crippen molar-refractivity contribution in [3.8, 4) is 0 Å². The SMILES string of the molecule is C[NH-].[CH2-]C[CH2-].[V].[Y]. The van der Waals surface area contributed by atoms with Crippen LogP contribution in [0.4, 0.5) is 0 Å². The second kappa shape index (κ2) is 48.2. The van der Waals surface area contributed by atoms with E-state index in [0.717, 1.165) is 6.42 Å². The number of hydrogen-bond donors (Lipinski definition) is 0. The van der Waals surface area contributed by atoms with E-state index < -0.39 is 0 Å². The normalized spacial score (nSPS) is 3.43. The van der Waals surface area contributed by atoms with E-state index in [0.29, 0.717) is 0 Å². The molecule has 0 aliphatic rings. The van der Waals surface area contributed by atoms with E-state index in [-0.39, 0.29) is 51.3 Å². The molecule has 2 radical (unpaired) electrons. The maximum absolute atomic E-state index is 5.75. The van der Waals surface area contributed by atoms with Crippen molar-refractivity contribution in [1.29, 1.82) is 0 Å². The Morgan fingerprint density at radius 3 is 1.29 bits per heavy atom. The second-order valence-corrected chi connectivity index (χ2v) is 0.354. The molecule has 0 unspecified atom stereocenters. The largest absolute Gasteiger partial charge is 0.680 e. The molecule has 42 valence electrons. The monoisotopic (exact) mass is 212 g/mol. The zero-order chi connectivity index (χ0) is 4.71. The van der Waals surface area contributed by atoms with Crippen molar-refractivity contribution < 1.29 is 51.3 Å². The molecular weight excluding hydrogens is 202 g/mol. The van der Waals surface area contributed by atoms with Crippen LogP contribution in [0.2, 0.25) is 0 Å². The molecule has 0 saturated heterocycles. The van der Waals surface area contributed by atoms with Crippen molar-refractivity contribution in [1.82, 2.24) is 0 Å². The fourth-order valence-electron chi connectivity index (χ4n) is 0. The quantitative estimate of drug-likeness (QED) is 0.545. The molecule has 0 spiro atoms. The molecule has 0 fully saturated rings. The minimum atomic E-state index is 0. The maximum Gasteiger partial charge on any atom is 0 e. The first-order valence-electron chi connectivity index (χ1n) is 1.50. The van der Waals surface area contributed by atoms with Crippen LogP contribution in [0.15, 0.2) is 0 Å². The van der Waals surface area contributed by atoms with Crippen LogP contribution in [-0.4, -0.2) is 7.05 Å². The number of nitrogens with one attached hydrogen (secondary N) is 1. The Bertz CT molecular complexity index is 11.7. The molecule has 0 heterocycles. The van der Waals surface area contributed by atoms with Crippen LogP contribution in [-0.2, 0) is 51.3 Å². The van der Waals surface area contributed by atoms with Crippen molar-refractivity contribution in [2.24, 2.45) is 0 Å². The first-order chi connectivity index (χ1) is 2.41. The molecule has 3 heteroatoms. The summed E-state index contributed by atoms with van der Waals surface area (Å²) >= 11 is 0. The first-order valence-corrected chi connectivity index (χ1v) is 1.50. The Morgan fingerprint density at radius 1 is 1.29 bits per heavy atom. The summed E-state index contributed by atoms with van der Waals surface area (Å²) in [4.78, 5) is 0. The Balaban J connectivity index is -0.0000000105. The van der Waals surface area contributed by atoms with Crippen LogP contribution in [0.25, 0.3) is 5.73 Å². The first kappa shape index (κ1) is 23.4. The van der Waals surface area contributed by atoms with E-state index in [2.05, 4.69) is 13.8 Å². The average molecular weight is 212 g/mol. The van der Waals surface area contributed by atoms with Crippen LogP contribution >= 0.6 is 0 Å². The van der Waals surface area contributed by atoms with E-state index in [4.69, 9.17) is 5.73 Å². The van der Waals surface area contributed by atoms with Crippen LogP contribution < -0.4 is 0 Å². The van der Waals surface area contributed by atoms with Gasteiger partial charge in [-0.15, -0.1) is 0 Å². The topological polar surface area (TPSA) is 23.8 Å². The summed E-state index contributed by atoms with van der Waals surface area (Å²) < 4.78 is 0. The van der Waals surface area contributed by atoms with Gasteiger partial charge in [-0.2, -0.15) is 7.05 Å². The molecule has 0 saturated carbocycles. The summed E-state index contributed by atoms with van der Waals surface area (Å²) in [6.07, 6.45) is 0.750. The molecule has 0 bridgehead atoms.